The Balaban J connectivity index is 2.91. The van der Waals surface area contributed by atoms with Gasteiger partial charge in [-0.15, -0.1) is 0 Å². The number of aliphatic hydroxyl groups is 1. The highest BCUT2D eigenvalue weighted by Crippen LogP contribution is 2.14. The summed E-state index contributed by atoms with van der Waals surface area (Å²) in [6.07, 6.45) is 2.07. The van der Waals surface area contributed by atoms with Crippen LogP contribution in [0.2, 0.25) is 0 Å². The first-order valence-corrected chi connectivity index (χ1v) is 4.24. The molecule has 1 aromatic rings. The predicted octanol–water partition coefficient (Wildman–Crippen LogP) is 0.764. The number of aryl methyl sites for hydroxylation is 1. The number of carbonyl (C=O) groups excluding carboxylic acids is 1. The fourth-order valence-corrected chi connectivity index (χ4v) is 0.973. The summed E-state index contributed by atoms with van der Waals surface area (Å²) in [7, 11) is 1.73. The topological polar surface area (TPSA) is 55.1 Å². The molecule has 1 rings (SSSR count). The van der Waals surface area contributed by atoms with E-state index in [9.17, 15) is 9.90 Å². The van der Waals surface area contributed by atoms with Crippen LogP contribution >= 0.6 is 0 Å². The minimum atomic E-state index is -1.30. The molecule has 1 unspecified atom stereocenters. The lowest BCUT2D eigenvalue weighted by molar-refractivity contribution is 0.0384. The van der Waals surface area contributed by atoms with E-state index in [1.807, 2.05) is 0 Å². The van der Waals surface area contributed by atoms with Gasteiger partial charge in [-0.2, -0.15) is 5.10 Å². The van der Waals surface area contributed by atoms with E-state index in [2.05, 4.69) is 5.10 Å². The van der Waals surface area contributed by atoms with E-state index in [0.717, 1.165) is 0 Å². The zero-order chi connectivity index (χ0) is 10.1. The van der Waals surface area contributed by atoms with Crippen molar-refractivity contribution in [1.82, 2.24) is 9.78 Å². The van der Waals surface area contributed by atoms with E-state index in [1.54, 1.807) is 30.9 Å². The highest BCUT2D eigenvalue weighted by molar-refractivity contribution is 6.00. The molecule has 0 aliphatic carbocycles. The fourth-order valence-electron chi connectivity index (χ4n) is 0.973. The van der Waals surface area contributed by atoms with E-state index in [4.69, 9.17) is 0 Å². The minimum absolute atomic E-state index is 0.314. The summed E-state index contributed by atoms with van der Waals surface area (Å²) < 4.78 is 1.54. The monoisotopic (exact) mass is 182 g/mol. The van der Waals surface area contributed by atoms with Crippen molar-refractivity contribution in [2.24, 2.45) is 7.05 Å². The highest BCUT2D eigenvalue weighted by Gasteiger charge is 2.30. The molecular formula is C9H14N2O2. The first-order valence-electron chi connectivity index (χ1n) is 4.24. The normalized spacial score (nSPS) is 15.4. The number of ketones is 1. The average molecular weight is 182 g/mol. The number of hydrogen-bond donors (Lipinski definition) is 1. The molecule has 1 atom stereocenters. The van der Waals surface area contributed by atoms with Gasteiger partial charge in [0.05, 0.1) is 0 Å². The molecule has 0 amide bonds. The molecule has 72 valence electrons. The molecule has 0 saturated carbocycles. The third-order valence-corrected chi connectivity index (χ3v) is 2.12. The Hall–Kier alpha value is -1.16. The van der Waals surface area contributed by atoms with Gasteiger partial charge in [0.25, 0.3) is 0 Å². The second-order valence-electron chi connectivity index (χ2n) is 3.33. The van der Waals surface area contributed by atoms with Crippen molar-refractivity contribution in [3.8, 4) is 0 Å². The molecule has 0 spiro atoms. The van der Waals surface area contributed by atoms with Crippen LogP contribution in [0.15, 0.2) is 12.3 Å². The highest BCUT2D eigenvalue weighted by atomic mass is 16.3. The molecule has 13 heavy (non-hydrogen) atoms. The zero-order valence-corrected chi connectivity index (χ0v) is 8.11. The van der Waals surface area contributed by atoms with Gasteiger partial charge < -0.3 is 5.11 Å². The maximum Gasteiger partial charge on any atom is 0.214 e. The van der Waals surface area contributed by atoms with Crippen LogP contribution in [0.3, 0.4) is 0 Å². The van der Waals surface area contributed by atoms with E-state index >= 15 is 0 Å². The van der Waals surface area contributed by atoms with Crippen molar-refractivity contribution >= 4 is 5.78 Å². The Morgan fingerprint density at radius 3 is 2.77 bits per heavy atom. The number of carbonyl (C=O) groups is 1. The van der Waals surface area contributed by atoms with Gasteiger partial charge in [-0.25, -0.2) is 0 Å². The number of Topliss-reactive ketones (excluding diaryl/α,β-unsaturated/α-hetero) is 1. The molecule has 0 saturated heterocycles. The van der Waals surface area contributed by atoms with Gasteiger partial charge in [-0.05, 0) is 19.4 Å². The average Bonchev–Trinajstić information content (AvgIpc) is 2.50. The fraction of sp³-hybridized carbons (Fsp3) is 0.556. The van der Waals surface area contributed by atoms with Gasteiger partial charge in [0, 0.05) is 13.2 Å². The summed E-state index contributed by atoms with van der Waals surface area (Å²) in [4.78, 5) is 11.6. The summed E-state index contributed by atoms with van der Waals surface area (Å²) in [5.74, 6) is -0.324. The number of nitrogens with zero attached hydrogens (tertiary/aromatic N) is 2. The van der Waals surface area contributed by atoms with Gasteiger partial charge in [-0.3, -0.25) is 9.48 Å². The number of aromatic nitrogens is 2. The first kappa shape index (κ1) is 9.92. The second kappa shape index (κ2) is 3.30. The van der Waals surface area contributed by atoms with Crippen LogP contribution in [-0.2, 0) is 7.05 Å². The Labute approximate surface area is 77.2 Å². The molecular weight excluding hydrogens is 168 g/mol. The van der Waals surface area contributed by atoms with Crippen LogP contribution in [0.25, 0.3) is 0 Å². The van der Waals surface area contributed by atoms with Crippen molar-refractivity contribution in [2.75, 3.05) is 0 Å². The molecule has 1 N–H and O–H groups in total. The molecule has 0 aliphatic rings. The van der Waals surface area contributed by atoms with Gasteiger partial charge >= 0.3 is 0 Å². The minimum Gasteiger partial charge on any atom is -0.382 e. The molecule has 1 heterocycles. The molecule has 1 aromatic heterocycles. The third-order valence-electron chi connectivity index (χ3n) is 2.12. The first-order chi connectivity index (χ1) is 5.97. The van der Waals surface area contributed by atoms with Crippen LogP contribution in [0.5, 0.6) is 0 Å². The molecule has 4 nitrogen and oxygen atoms in total. The lowest BCUT2D eigenvalue weighted by Crippen LogP contribution is -2.34. The van der Waals surface area contributed by atoms with E-state index in [1.165, 1.54) is 6.92 Å². The third kappa shape index (κ3) is 1.95. The summed E-state index contributed by atoms with van der Waals surface area (Å²) in [6, 6.07) is 1.60. The zero-order valence-electron chi connectivity index (χ0n) is 8.11. The van der Waals surface area contributed by atoms with Crippen molar-refractivity contribution < 1.29 is 9.90 Å². The maximum absolute atomic E-state index is 11.6. The quantitative estimate of drug-likeness (QED) is 0.702. The summed E-state index contributed by atoms with van der Waals surface area (Å²) in [6.45, 7) is 3.27. The predicted molar refractivity (Wildman–Crippen MR) is 48.5 cm³/mol. The lowest BCUT2D eigenvalue weighted by Gasteiger charge is -2.17. The summed E-state index contributed by atoms with van der Waals surface area (Å²) in [5.41, 5.74) is -0.983. The Morgan fingerprint density at radius 1 is 1.77 bits per heavy atom. The van der Waals surface area contributed by atoms with Gasteiger partial charge in [0.2, 0.25) is 5.78 Å². The Bertz CT molecular complexity index is 315. The van der Waals surface area contributed by atoms with Crippen molar-refractivity contribution in [2.45, 2.75) is 25.9 Å². The maximum atomic E-state index is 11.6. The van der Waals surface area contributed by atoms with Crippen LogP contribution in [0.4, 0.5) is 0 Å². The van der Waals surface area contributed by atoms with E-state index in [0.29, 0.717) is 12.1 Å². The number of hydrogen-bond acceptors (Lipinski definition) is 3. The smallest absolute Gasteiger partial charge is 0.214 e. The van der Waals surface area contributed by atoms with Gasteiger partial charge in [0.1, 0.15) is 11.3 Å². The largest absolute Gasteiger partial charge is 0.382 e. The summed E-state index contributed by atoms with van der Waals surface area (Å²) in [5, 5.41) is 13.6. The molecule has 0 fully saturated rings. The number of rotatable bonds is 3. The molecule has 0 aliphatic heterocycles. The molecule has 0 radical (unpaired) electrons. The summed E-state index contributed by atoms with van der Waals surface area (Å²) >= 11 is 0. The van der Waals surface area contributed by atoms with Gasteiger partial charge in [0.15, 0.2) is 0 Å². The van der Waals surface area contributed by atoms with Crippen molar-refractivity contribution in [3.63, 3.8) is 0 Å². The van der Waals surface area contributed by atoms with Crippen LogP contribution < -0.4 is 0 Å². The van der Waals surface area contributed by atoms with Crippen LogP contribution in [0, 0.1) is 0 Å². The van der Waals surface area contributed by atoms with Crippen LogP contribution in [-0.4, -0.2) is 26.3 Å². The standard InChI is InChI=1S/C9H14N2O2/c1-4-9(2,13)8(12)7-5-6-11(3)10-7/h5-6,13H,4H2,1-3H3. The van der Waals surface area contributed by atoms with Crippen LogP contribution in [0.1, 0.15) is 30.8 Å². The Kier molecular flexibility index (Phi) is 2.52. The van der Waals surface area contributed by atoms with E-state index < -0.39 is 5.60 Å². The molecule has 4 heteroatoms. The SMILES string of the molecule is CCC(C)(O)C(=O)c1ccn(C)n1. The van der Waals surface area contributed by atoms with Gasteiger partial charge in [-0.1, -0.05) is 6.92 Å². The van der Waals surface area contributed by atoms with E-state index in [-0.39, 0.29) is 5.78 Å². The Morgan fingerprint density at radius 2 is 2.38 bits per heavy atom. The molecule has 0 aromatic carbocycles. The second-order valence-corrected chi connectivity index (χ2v) is 3.33. The van der Waals surface area contributed by atoms with Crippen molar-refractivity contribution in [1.29, 1.82) is 0 Å². The lowest BCUT2D eigenvalue weighted by atomic mass is 9.96. The van der Waals surface area contributed by atoms with Crippen molar-refractivity contribution in [3.05, 3.63) is 18.0 Å². The molecule has 0 bridgehead atoms.